The van der Waals surface area contributed by atoms with Gasteiger partial charge in [0.1, 0.15) is 23.1 Å². The number of nitrogens with zero attached hydrogens (tertiary/aromatic N) is 1. The van der Waals surface area contributed by atoms with E-state index in [2.05, 4.69) is 4.98 Å². The summed E-state index contributed by atoms with van der Waals surface area (Å²) in [5.74, 6) is 0.704. The Bertz CT molecular complexity index is 811. The van der Waals surface area contributed by atoms with E-state index in [-0.39, 0.29) is 10.9 Å². The van der Waals surface area contributed by atoms with Gasteiger partial charge in [-0.2, -0.15) is 0 Å². The zero-order chi connectivity index (χ0) is 19.6. The molecule has 0 amide bonds. The van der Waals surface area contributed by atoms with E-state index in [4.69, 9.17) is 42.1 Å². The number of benzene rings is 1. The Labute approximate surface area is 167 Å². The van der Waals surface area contributed by atoms with Crippen LogP contribution in [0.1, 0.15) is 12.5 Å². The van der Waals surface area contributed by atoms with Crippen molar-refractivity contribution in [3.05, 3.63) is 52.1 Å². The van der Waals surface area contributed by atoms with Crippen LogP contribution in [0.3, 0.4) is 0 Å². The predicted molar refractivity (Wildman–Crippen MR) is 104 cm³/mol. The van der Waals surface area contributed by atoms with Crippen LogP contribution >= 0.6 is 23.2 Å². The summed E-state index contributed by atoms with van der Waals surface area (Å²) in [5.41, 5.74) is 0.620. The van der Waals surface area contributed by atoms with Gasteiger partial charge in [0.15, 0.2) is 0 Å². The molecule has 144 valence electrons. The fourth-order valence-electron chi connectivity index (χ4n) is 2.00. The molecule has 0 aliphatic heterocycles. The van der Waals surface area contributed by atoms with Crippen molar-refractivity contribution in [2.24, 2.45) is 0 Å². The van der Waals surface area contributed by atoms with E-state index in [0.717, 1.165) is 0 Å². The number of hydrogen-bond donors (Lipinski definition) is 0. The first-order valence-electron chi connectivity index (χ1n) is 8.13. The topological polar surface area (TPSA) is 66.9 Å². The third kappa shape index (κ3) is 6.75. The monoisotopic (exact) mass is 411 g/mol. The molecule has 0 aliphatic rings. The summed E-state index contributed by atoms with van der Waals surface area (Å²) in [7, 11) is 1.59. The van der Waals surface area contributed by atoms with Gasteiger partial charge in [-0.3, -0.25) is 0 Å². The summed E-state index contributed by atoms with van der Waals surface area (Å²) in [6, 6.07) is 6.70. The van der Waals surface area contributed by atoms with E-state index < -0.39 is 5.97 Å². The van der Waals surface area contributed by atoms with Crippen LogP contribution < -0.4 is 9.47 Å². The fourth-order valence-corrected chi connectivity index (χ4v) is 2.42. The standard InChI is InChI=1S/C19H19Cl2NO5/c1-3-25-18(23)7-5-13-4-6-15(26-9-8-24-2)11-17(13)27-19-16(21)10-14(20)12-22-19/h4-7,10-12H,3,8-9H2,1-2H3. The molecule has 2 aromatic rings. The highest BCUT2D eigenvalue weighted by Crippen LogP contribution is 2.33. The Hall–Kier alpha value is -2.28. The van der Waals surface area contributed by atoms with Gasteiger partial charge in [-0.25, -0.2) is 9.78 Å². The number of halogens is 2. The number of carbonyl (C=O) groups excluding carboxylic acids is 1. The number of hydrogen-bond acceptors (Lipinski definition) is 6. The normalized spacial score (nSPS) is 10.8. The average molecular weight is 412 g/mol. The molecular formula is C19H19Cl2NO5. The Morgan fingerprint density at radius 3 is 2.74 bits per heavy atom. The van der Waals surface area contributed by atoms with Crippen LogP contribution in [-0.2, 0) is 14.3 Å². The lowest BCUT2D eigenvalue weighted by atomic mass is 10.1. The second kappa shape index (κ2) is 10.8. The lowest BCUT2D eigenvalue weighted by Crippen LogP contribution is -2.04. The molecule has 1 aromatic heterocycles. The van der Waals surface area contributed by atoms with Gasteiger partial charge in [0.2, 0.25) is 5.88 Å². The van der Waals surface area contributed by atoms with E-state index in [0.29, 0.717) is 41.9 Å². The number of methoxy groups -OCH3 is 1. The van der Waals surface area contributed by atoms with Crippen molar-refractivity contribution in [2.45, 2.75) is 6.92 Å². The number of rotatable bonds is 9. The summed E-state index contributed by atoms with van der Waals surface area (Å²) in [6.45, 7) is 2.86. The molecule has 0 aliphatic carbocycles. The molecule has 0 atom stereocenters. The summed E-state index contributed by atoms with van der Waals surface area (Å²) >= 11 is 12.0. The molecule has 6 nitrogen and oxygen atoms in total. The van der Waals surface area contributed by atoms with Gasteiger partial charge in [-0.15, -0.1) is 0 Å². The molecule has 1 aromatic carbocycles. The number of aromatic nitrogens is 1. The highest BCUT2D eigenvalue weighted by atomic mass is 35.5. The van der Waals surface area contributed by atoms with E-state index in [9.17, 15) is 4.79 Å². The Morgan fingerprint density at radius 2 is 2.04 bits per heavy atom. The van der Waals surface area contributed by atoms with Crippen LogP contribution in [0.4, 0.5) is 0 Å². The number of carbonyl (C=O) groups is 1. The average Bonchev–Trinajstić information content (AvgIpc) is 2.64. The minimum absolute atomic E-state index is 0.181. The summed E-state index contributed by atoms with van der Waals surface area (Å²) in [6.07, 6.45) is 4.32. The Morgan fingerprint density at radius 1 is 1.22 bits per heavy atom. The number of esters is 1. The quantitative estimate of drug-likeness (QED) is 0.336. The molecule has 8 heteroatoms. The third-order valence-electron chi connectivity index (χ3n) is 3.21. The van der Waals surface area contributed by atoms with Crippen molar-refractivity contribution in [2.75, 3.05) is 26.9 Å². The van der Waals surface area contributed by atoms with Crippen molar-refractivity contribution < 1.29 is 23.7 Å². The SMILES string of the molecule is CCOC(=O)C=Cc1ccc(OCCOC)cc1Oc1ncc(Cl)cc1Cl. The van der Waals surface area contributed by atoms with E-state index >= 15 is 0 Å². The molecule has 0 radical (unpaired) electrons. The third-order valence-corrected chi connectivity index (χ3v) is 3.68. The summed E-state index contributed by atoms with van der Waals surface area (Å²) in [5, 5.41) is 0.653. The maximum atomic E-state index is 11.6. The molecule has 0 fully saturated rings. The molecule has 0 bridgehead atoms. The van der Waals surface area contributed by atoms with Crippen molar-refractivity contribution >= 4 is 35.2 Å². The molecule has 0 spiro atoms. The molecule has 1 heterocycles. The van der Waals surface area contributed by atoms with E-state index in [1.165, 1.54) is 18.3 Å². The van der Waals surface area contributed by atoms with Gasteiger partial charge in [0, 0.05) is 31.0 Å². The number of ether oxygens (including phenoxy) is 4. The maximum absolute atomic E-state index is 11.6. The van der Waals surface area contributed by atoms with Gasteiger partial charge in [0.25, 0.3) is 0 Å². The highest BCUT2D eigenvalue weighted by molar-refractivity contribution is 6.35. The van der Waals surface area contributed by atoms with Gasteiger partial charge in [-0.05, 0) is 31.2 Å². The number of pyridine rings is 1. The van der Waals surface area contributed by atoms with Crippen LogP contribution in [0.5, 0.6) is 17.4 Å². The second-order valence-corrected chi connectivity index (χ2v) is 6.01. The first-order chi connectivity index (χ1) is 13.0. The van der Waals surface area contributed by atoms with E-state index in [1.54, 1.807) is 38.3 Å². The molecule has 27 heavy (non-hydrogen) atoms. The lowest BCUT2D eigenvalue weighted by Gasteiger charge is -2.12. The van der Waals surface area contributed by atoms with Crippen molar-refractivity contribution in [1.82, 2.24) is 4.98 Å². The van der Waals surface area contributed by atoms with Crippen LogP contribution in [0.15, 0.2) is 36.5 Å². The minimum atomic E-state index is -0.452. The zero-order valence-electron chi connectivity index (χ0n) is 14.9. The predicted octanol–water partition coefficient (Wildman–Crippen LogP) is 4.78. The minimum Gasteiger partial charge on any atom is -0.491 e. The molecule has 0 saturated heterocycles. The zero-order valence-corrected chi connectivity index (χ0v) is 16.4. The maximum Gasteiger partial charge on any atom is 0.330 e. The van der Waals surface area contributed by atoms with Gasteiger partial charge >= 0.3 is 5.97 Å². The van der Waals surface area contributed by atoms with Crippen LogP contribution in [-0.4, -0.2) is 37.9 Å². The van der Waals surface area contributed by atoms with Crippen LogP contribution in [0.2, 0.25) is 10.0 Å². The fraction of sp³-hybridized carbons (Fsp3) is 0.263. The van der Waals surface area contributed by atoms with Crippen molar-refractivity contribution in [3.8, 4) is 17.4 Å². The summed E-state index contributed by atoms with van der Waals surface area (Å²) in [4.78, 5) is 15.7. The van der Waals surface area contributed by atoms with Crippen LogP contribution in [0, 0.1) is 0 Å². The first-order valence-corrected chi connectivity index (χ1v) is 8.88. The van der Waals surface area contributed by atoms with Crippen LogP contribution in [0.25, 0.3) is 6.08 Å². The summed E-state index contributed by atoms with van der Waals surface area (Å²) < 4.78 is 21.3. The van der Waals surface area contributed by atoms with E-state index in [1.807, 2.05) is 0 Å². The molecular weight excluding hydrogens is 393 g/mol. The Balaban J connectivity index is 2.30. The second-order valence-electron chi connectivity index (χ2n) is 5.17. The molecule has 0 saturated carbocycles. The van der Waals surface area contributed by atoms with Gasteiger partial charge in [0.05, 0.1) is 18.2 Å². The highest BCUT2D eigenvalue weighted by Gasteiger charge is 2.11. The largest absolute Gasteiger partial charge is 0.491 e. The molecule has 0 N–H and O–H groups in total. The smallest absolute Gasteiger partial charge is 0.330 e. The molecule has 2 rings (SSSR count). The Kier molecular flexibility index (Phi) is 8.39. The molecule has 0 unspecified atom stereocenters. The van der Waals surface area contributed by atoms with Crippen molar-refractivity contribution in [3.63, 3.8) is 0 Å². The van der Waals surface area contributed by atoms with Crippen molar-refractivity contribution in [1.29, 1.82) is 0 Å². The van der Waals surface area contributed by atoms with Gasteiger partial charge in [-0.1, -0.05) is 23.2 Å². The van der Waals surface area contributed by atoms with Gasteiger partial charge < -0.3 is 18.9 Å². The lowest BCUT2D eigenvalue weighted by molar-refractivity contribution is -0.137. The first kappa shape index (κ1) is 21.0.